The predicted octanol–water partition coefficient (Wildman–Crippen LogP) is 5.04. The highest BCUT2D eigenvalue weighted by Gasteiger charge is 2.50. The van der Waals surface area contributed by atoms with Crippen LogP contribution in [0.1, 0.15) is 81.0 Å². The molecule has 2 aliphatic rings. The maximum atomic E-state index is 14.4. The van der Waals surface area contributed by atoms with Gasteiger partial charge in [0, 0.05) is 23.8 Å². The van der Waals surface area contributed by atoms with Crippen LogP contribution >= 0.6 is 0 Å². The minimum absolute atomic E-state index is 0.0536. The number of hydrogen-bond donors (Lipinski definition) is 3. The van der Waals surface area contributed by atoms with E-state index in [1.54, 1.807) is 15.5 Å². The normalized spacial score (nSPS) is 24.1. The zero-order chi connectivity index (χ0) is 30.9. The number of alkyl carbamates (subject to hydrolysis) is 1. The van der Waals surface area contributed by atoms with E-state index in [9.17, 15) is 24.3 Å². The molecule has 2 aromatic carbocycles. The number of benzene rings is 2. The molecule has 3 amide bonds. The van der Waals surface area contributed by atoms with Crippen LogP contribution in [0.3, 0.4) is 0 Å². The number of carboxylic acids is 1. The molecule has 10 nitrogen and oxygen atoms in total. The van der Waals surface area contributed by atoms with Crippen LogP contribution in [0.5, 0.6) is 0 Å². The molecular formula is C33H40N4O6. The molecule has 1 aliphatic heterocycles. The molecule has 0 spiro atoms. The number of carbonyl (C=O) groups is 4. The van der Waals surface area contributed by atoms with E-state index >= 15 is 0 Å². The Bertz CT molecular complexity index is 1500. The number of aromatic carboxylic acids is 1. The van der Waals surface area contributed by atoms with Gasteiger partial charge in [0.15, 0.2) is 0 Å². The summed E-state index contributed by atoms with van der Waals surface area (Å²) >= 11 is 0. The largest absolute Gasteiger partial charge is 0.477 e. The lowest BCUT2D eigenvalue weighted by molar-refractivity contribution is -0.145. The first kappa shape index (κ1) is 30.1. The van der Waals surface area contributed by atoms with E-state index in [0.29, 0.717) is 31.3 Å². The van der Waals surface area contributed by atoms with E-state index in [1.807, 2.05) is 75.4 Å². The number of amides is 3. The van der Waals surface area contributed by atoms with Crippen molar-refractivity contribution in [1.82, 2.24) is 14.8 Å². The van der Waals surface area contributed by atoms with E-state index < -0.39 is 41.7 Å². The third-order valence-corrected chi connectivity index (χ3v) is 8.64. The van der Waals surface area contributed by atoms with Crippen LogP contribution < -0.4 is 11.1 Å². The van der Waals surface area contributed by atoms with Crippen molar-refractivity contribution < 1.29 is 29.0 Å². The quantitative estimate of drug-likeness (QED) is 0.353. The number of ether oxygens (including phenoxy) is 1. The fourth-order valence-electron chi connectivity index (χ4n) is 6.74. The number of nitrogens with two attached hydrogens (primary N) is 1. The van der Waals surface area contributed by atoms with Crippen molar-refractivity contribution in [1.29, 1.82) is 0 Å². The molecule has 2 heterocycles. The van der Waals surface area contributed by atoms with E-state index in [4.69, 9.17) is 10.5 Å². The maximum Gasteiger partial charge on any atom is 0.407 e. The zero-order valence-corrected chi connectivity index (χ0v) is 24.9. The second-order valence-electron chi connectivity index (χ2n) is 12.7. The third kappa shape index (κ3) is 6.38. The lowest BCUT2D eigenvalue weighted by atomic mass is 9.81. The predicted molar refractivity (Wildman–Crippen MR) is 161 cm³/mol. The van der Waals surface area contributed by atoms with Gasteiger partial charge in [-0.3, -0.25) is 9.59 Å². The summed E-state index contributed by atoms with van der Waals surface area (Å²) in [4.78, 5) is 53.7. The first-order chi connectivity index (χ1) is 20.4. The average Bonchev–Trinajstić information content (AvgIpc) is 3.55. The minimum Gasteiger partial charge on any atom is -0.477 e. The summed E-state index contributed by atoms with van der Waals surface area (Å²) in [5.74, 6) is -2.48. The van der Waals surface area contributed by atoms with Gasteiger partial charge in [-0.2, -0.15) is 0 Å². The van der Waals surface area contributed by atoms with Gasteiger partial charge in [-0.15, -0.1) is 0 Å². The molecule has 228 valence electrons. The Labute approximate surface area is 251 Å². The molecule has 4 N–H and O–H groups in total. The maximum absolute atomic E-state index is 14.4. The highest BCUT2D eigenvalue weighted by Crippen LogP contribution is 2.46. The van der Waals surface area contributed by atoms with Crippen molar-refractivity contribution >= 4 is 34.8 Å². The van der Waals surface area contributed by atoms with Gasteiger partial charge in [-0.25, -0.2) is 9.59 Å². The minimum atomic E-state index is -1.11. The first-order valence-corrected chi connectivity index (χ1v) is 14.9. The summed E-state index contributed by atoms with van der Waals surface area (Å²) in [7, 11) is 0. The molecule has 1 unspecified atom stereocenters. The zero-order valence-electron chi connectivity index (χ0n) is 24.9. The van der Waals surface area contributed by atoms with Gasteiger partial charge in [0.05, 0.1) is 5.52 Å². The molecule has 1 aromatic heterocycles. The topological polar surface area (TPSA) is 144 Å². The van der Waals surface area contributed by atoms with Crippen molar-refractivity contribution in [2.45, 2.75) is 76.6 Å². The molecule has 1 saturated carbocycles. The number of likely N-dealkylation sites (tertiary alicyclic amines) is 1. The SMILES string of the molecule is CC(C)(C)OC(=O)NCC1CCC(C(=O)N2C(n3c(C(=O)O)cc4ccccc43)C[C@@H](c3ccccc3)[C@H]2C(N)=O)CC1. The Morgan fingerprint density at radius 2 is 1.63 bits per heavy atom. The molecule has 1 aliphatic carbocycles. The molecule has 1 saturated heterocycles. The van der Waals surface area contributed by atoms with Crippen LogP contribution in [0.25, 0.3) is 10.9 Å². The molecular weight excluding hydrogens is 548 g/mol. The van der Waals surface area contributed by atoms with Gasteiger partial charge in [-0.1, -0.05) is 48.5 Å². The highest BCUT2D eigenvalue weighted by molar-refractivity contribution is 5.95. The molecule has 10 heteroatoms. The number of rotatable bonds is 7. The van der Waals surface area contributed by atoms with Gasteiger partial charge in [0.25, 0.3) is 0 Å². The average molecular weight is 589 g/mol. The molecule has 5 rings (SSSR count). The lowest BCUT2D eigenvalue weighted by Crippen LogP contribution is -2.50. The molecule has 0 radical (unpaired) electrons. The summed E-state index contributed by atoms with van der Waals surface area (Å²) < 4.78 is 7.03. The molecule has 2 fully saturated rings. The van der Waals surface area contributed by atoms with Crippen LogP contribution in [0.2, 0.25) is 0 Å². The summed E-state index contributed by atoms with van der Waals surface area (Å²) in [6.07, 6.45) is 1.78. The van der Waals surface area contributed by atoms with E-state index in [-0.39, 0.29) is 23.4 Å². The summed E-state index contributed by atoms with van der Waals surface area (Å²) in [6, 6.07) is 17.5. The number of primary amides is 1. The van der Waals surface area contributed by atoms with Gasteiger partial charge < -0.3 is 30.4 Å². The Morgan fingerprint density at radius 1 is 0.977 bits per heavy atom. The molecule has 3 aromatic rings. The smallest absolute Gasteiger partial charge is 0.407 e. The van der Waals surface area contributed by atoms with Crippen LogP contribution in [0.15, 0.2) is 60.7 Å². The Balaban J connectivity index is 1.44. The number of nitrogens with one attached hydrogen (secondary N) is 1. The summed E-state index contributed by atoms with van der Waals surface area (Å²) in [6.45, 7) is 5.89. The number of carbonyl (C=O) groups excluding carboxylic acids is 3. The van der Waals surface area contributed by atoms with Crippen molar-refractivity contribution in [3.63, 3.8) is 0 Å². The van der Waals surface area contributed by atoms with Crippen LogP contribution in [-0.4, -0.2) is 56.6 Å². The first-order valence-electron chi connectivity index (χ1n) is 14.9. The van der Waals surface area contributed by atoms with E-state index in [2.05, 4.69) is 5.32 Å². The number of aromatic nitrogens is 1. The second kappa shape index (κ2) is 12.1. The van der Waals surface area contributed by atoms with Crippen LogP contribution in [-0.2, 0) is 14.3 Å². The summed E-state index contributed by atoms with van der Waals surface area (Å²) in [5.41, 5.74) is 7.05. The van der Waals surface area contributed by atoms with Crippen molar-refractivity contribution in [3.8, 4) is 0 Å². The van der Waals surface area contributed by atoms with Crippen molar-refractivity contribution in [2.75, 3.05) is 6.54 Å². The van der Waals surface area contributed by atoms with E-state index in [1.165, 1.54) is 0 Å². The Hall–Kier alpha value is -4.34. The number of para-hydroxylation sites is 1. The molecule has 3 atom stereocenters. The van der Waals surface area contributed by atoms with Crippen LogP contribution in [0, 0.1) is 11.8 Å². The molecule has 43 heavy (non-hydrogen) atoms. The van der Waals surface area contributed by atoms with Crippen LogP contribution in [0.4, 0.5) is 4.79 Å². The summed E-state index contributed by atoms with van der Waals surface area (Å²) in [5, 5.41) is 13.8. The fourth-order valence-corrected chi connectivity index (χ4v) is 6.74. The standard InChI is InChI=1S/C33H40N4O6/c1-33(2,3)43-32(42)35-19-20-13-15-22(16-14-20)30(39)37-27(18-24(28(37)29(34)38)21-9-5-4-6-10-21)36-25-12-8-7-11-23(25)17-26(36)31(40)41/h4-12,17,20,22,24,27-28H,13-16,18-19H2,1-3H3,(H2,34,38)(H,35,42)(H,40,41)/t20?,22?,24-,27?,28-/m0/s1. The Kier molecular flexibility index (Phi) is 8.48. The number of carboxylic acid groups (broad SMARTS) is 1. The number of fused-ring (bicyclic) bond motifs is 1. The number of hydrogen-bond acceptors (Lipinski definition) is 5. The van der Waals surface area contributed by atoms with Gasteiger partial charge in [0.1, 0.15) is 23.5 Å². The van der Waals surface area contributed by atoms with Gasteiger partial charge >= 0.3 is 12.1 Å². The third-order valence-electron chi connectivity index (χ3n) is 8.64. The fraction of sp³-hybridized carbons (Fsp3) is 0.455. The number of nitrogens with zero attached hydrogens (tertiary/aromatic N) is 2. The van der Waals surface area contributed by atoms with Crippen molar-refractivity contribution in [2.24, 2.45) is 17.6 Å². The highest BCUT2D eigenvalue weighted by atomic mass is 16.6. The Morgan fingerprint density at radius 3 is 2.26 bits per heavy atom. The molecule has 0 bridgehead atoms. The lowest BCUT2D eigenvalue weighted by Gasteiger charge is -2.36. The van der Waals surface area contributed by atoms with Gasteiger partial charge in [-0.05, 0) is 76.5 Å². The monoisotopic (exact) mass is 588 g/mol. The van der Waals surface area contributed by atoms with Crippen molar-refractivity contribution in [3.05, 3.63) is 71.9 Å². The second-order valence-corrected chi connectivity index (χ2v) is 12.7. The van der Waals surface area contributed by atoms with E-state index in [0.717, 1.165) is 23.8 Å². The van der Waals surface area contributed by atoms with Gasteiger partial charge in [0.2, 0.25) is 11.8 Å².